The highest BCUT2D eigenvalue weighted by atomic mass is 32.2. The zero-order valence-electron chi connectivity index (χ0n) is 15.1. The van der Waals surface area contributed by atoms with E-state index in [2.05, 4.69) is 9.71 Å². The van der Waals surface area contributed by atoms with Crippen LogP contribution in [-0.4, -0.2) is 56.6 Å². The van der Waals surface area contributed by atoms with E-state index in [9.17, 15) is 23.1 Å². The van der Waals surface area contributed by atoms with Gasteiger partial charge in [-0.25, -0.2) is 18.2 Å². The molecule has 148 valence electrons. The molecule has 0 aliphatic carbocycles. The number of carbonyl (C=O) groups excluding carboxylic acids is 1. The minimum Gasteiger partial charge on any atom is -0.478 e. The molecule has 10 heteroatoms. The van der Waals surface area contributed by atoms with Gasteiger partial charge in [0, 0.05) is 18.7 Å². The lowest BCUT2D eigenvalue weighted by Gasteiger charge is -2.28. The molecule has 1 aromatic carbocycles. The second kappa shape index (κ2) is 7.95. The number of ketones is 1. The number of carbonyl (C=O) groups is 2. The molecule has 1 fully saturated rings. The van der Waals surface area contributed by atoms with Crippen LogP contribution in [0.2, 0.25) is 0 Å². The number of carboxylic acid groups (broad SMARTS) is 1. The van der Waals surface area contributed by atoms with E-state index < -0.39 is 16.0 Å². The number of aromatic nitrogens is 1. The number of hydrogen-bond donors (Lipinski definition) is 2. The number of morpholine rings is 1. The van der Waals surface area contributed by atoms with Crippen LogP contribution >= 0.6 is 0 Å². The van der Waals surface area contributed by atoms with E-state index in [0.717, 1.165) is 0 Å². The summed E-state index contributed by atoms with van der Waals surface area (Å²) in [4.78, 5) is 28.9. The summed E-state index contributed by atoms with van der Waals surface area (Å²) in [5.41, 5.74) is 0.322. The van der Waals surface area contributed by atoms with Gasteiger partial charge in [-0.15, -0.1) is 0 Å². The van der Waals surface area contributed by atoms with Crippen molar-refractivity contribution in [2.24, 2.45) is 0 Å². The maximum atomic E-state index is 12.6. The van der Waals surface area contributed by atoms with Crippen molar-refractivity contribution < 1.29 is 27.9 Å². The van der Waals surface area contributed by atoms with Crippen LogP contribution in [0.1, 0.15) is 27.6 Å². The largest absolute Gasteiger partial charge is 0.478 e. The molecule has 1 aromatic heterocycles. The molecule has 1 saturated heterocycles. The predicted octanol–water partition coefficient (Wildman–Crippen LogP) is 1.62. The molecule has 28 heavy (non-hydrogen) atoms. The van der Waals surface area contributed by atoms with Crippen LogP contribution in [0.4, 0.5) is 11.5 Å². The zero-order chi connectivity index (χ0) is 20.3. The number of Topliss-reactive ketones (excluding diaryl/α,β-unsaturated/α-hetero) is 1. The van der Waals surface area contributed by atoms with Gasteiger partial charge < -0.3 is 14.7 Å². The summed E-state index contributed by atoms with van der Waals surface area (Å²) in [6.07, 6.45) is 1.28. The molecule has 1 aliphatic rings. The fourth-order valence-corrected chi connectivity index (χ4v) is 3.81. The van der Waals surface area contributed by atoms with Crippen LogP contribution in [0.25, 0.3) is 0 Å². The molecule has 3 rings (SSSR count). The first-order valence-electron chi connectivity index (χ1n) is 8.48. The third-order valence-electron chi connectivity index (χ3n) is 4.23. The number of carboxylic acids is 1. The summed E-state index contributed by atoms with van der Waals surface area (Å²) in [5.74, 6) is -1.11. The van der Waals surface area contributed by atoms with E-state index in [-0.39, 0.29) is 27.7 Å². The maximum absolute atomic E-state index is 12.6. The number of benzene rings is 1. The minimum absolute atomic E-state index is 0.0325. The van der Waals surface area contributed by atoms with Crippen molar-refractivity contribution in [2.75, 3.05) is 35.9 Å². The minimum atomic E-state index is -3.96. The standard InChI is InChI=1S/C18H19N3O6S/c1-12(22)13-2-4-15(5-3-13)28(25,26)20-14-10-16(18(23)24)17(19-11-14)21-6-8-27-9-7-21/h2-5,10-11,20H,6-9H2,1H3,(H,23,24). The van der Waals surface area contributed by atoms with Crippen molar-refractivity contribution >= 4 is 33.3 Å². The Morgan fingerprint density at radius 3 is 2.39 bits per heavy atom. The number of nitrogens with zero attached hydrogens (tertiary/aromatic N) is 2. The summed E-state index contributed by atoms with van der Waals surface area (Å²) < 4.78 is 32.7. The Kier molecular flexibility index (Phi) is 5.61. The van der Waals surface area contributed by atoms with Gasteiger partial charge in [-0.3, -0.25) is 9.52 Å². The Balaban J connectivity index is 1.87. The first-order valence-corrected chi connectivity index (χ1v) is 9.96. The van der Waals surface area contributed by atoms with Gasteiger partial charge in [0.25, 0.3) is 10.0 Å². The van der Waals surface area contributed by atoms with E-state index in [1.807, 2.05) is 0 Å². The normalized spacial score (nSPS) is 14.5. The second-order valence-corrected chi connectivity index (χ2v) is 7.87. The third-order valence-corrected chi connectivity index (χ3v) is 5.63. The molecule has 0 unspecified atom stereocenters. The highest BCUT2D eigenvalue weighted by Gasteiger charge is 2.22. The highest BCUT2D eigenvalue weighted by molar-refractivity contribution is 7.92. The molecule has 2 heterocycles. The van der Waals surface area contributed by atoms with Crippen LogP contribution in [0, 0.1) is 0 Å². The lowest BCUT2D eigenvalue weighted by atomic mass is 10.2. The third kappa shape index (κ3) is 4.29. The Hall–Kier alpha value is -2.98. The zero-order valence-corrected chi connectivity index (χ0v) is 15.9. The highest BCUT2D eigenvalue weighted by Crippen LogP contribution is 2.24. The van der Waals surface area contributed by atoms with Gasteiger partial charge in [0.05, 0.1) is 30.0 Å². The van der Waals surface area contributed by atoms with E-state index in [4.69, 9.17) is 4.74 Å². The lowest BCUT2D eigenvalue weighted by Crippen LogP contribution is -2.37. The fraction of sp³-hybridized carbons (Fsp3) is 0.278. The van der Waals surface area contributed by atoms with Crippen molar-refractivity contribution in [3.8, 4) is 0 Å². The number of anilines is 2. The Bertz CT molecular complexity index is 998. The van der Waals surface area contributed by atoms with E-state index >= 15 is 0 Å². The first-order chi connectivity index (χ1) is 13.3. The molecule has 2 N–H and O–H groups in total. The van der Waals surface area contributed by atoms with Gasteiger partial charge >= 0.3 is 5.97 Å². The van der Waals surface area contributed by atoms with E-state index in [1.165, 1.54) is 43.5 Å². The predicted molar refractivity (Wildman–Crippen MR) is 101 cm³/mol. The summed E-state index contributed by atoms with van der Waals surface area (Å²) in [6.45, 7) is 3.31. The van der Waals surface area contributed by atoms with Gasteiger partial charge in [-0.05, 0) is 25.1 Å². The molecule has 0 bridgehead atoms. The Morgan fingerprint density at radius 1 is 1.18 bits per heavy atom. The van der Waals surface area contributed by atoms with Gasteiger partial charge in [0.15, 0.2) is 5.78 Å². The first kappa shape index (κ1) is 19.8. The van der Waals surface area contributed by atoms with E-state index in [1.54, 1.807) is 4.90 Å². The number of nitrogens with one attached hydrogen (secondary N) is 1. The summed E-state index contributed by atoms with van der Waals surface area (Å²) in [7, 11) is -3.96. The van der Waals surface area contributed by atoms with Crippen molar-refractivity contribution in [1.82, 2.24) is 4.98 Å². The van der Waals surface area contributed by atoms with Crippen LogP contribution in [0.3, 0.4) is 0 Å². The quantitative estimate of drug-likeness (QED) is 0.695. The van der Waals surface area contributed by atoms with Crippen LogP contribution < -0.4 is 9.62 Å². The van der Waals surface area contributed by atoms with Crippen LogP contribution in [0.15, 0.2) is 41.4 Å². The molecule has 2 aromatic rings. The lowest BCUT2D eigenvalue weighted by molar-refractivity contribution is 0.0695. The molecule has 0 saturated carbocycles. The molecular formula is C18H19N3O6S. The number of rotatable bonds is 6. The number of ether oxygens (including phenoxy) is 1. The van der Waals surface area contributed by atoms with Gasteiger partial charge in [-0.1, -0.05) is 12.1 Å². The molecule has 0 radical (unpaired) electrons. The summed E-state index contributed by atoms with van der Waals surface area (Å²) in [6, 6.07) is 6.69. The second-order valence-electron chi connectivity index (χ2n) is 6.19. The number of pyridine rings is 1. The van der Waals surface area contributed by atoms with Gasteiger partial charge in [-0.2, -0.15) is 0 Å². The molecule has 0 spiro atoms. The fourth-order valence-electron chi connectivity index (χ4n) is 2.78. The molecule has 9 nitrogen and oxygen atoms in total. The average Bonchev–Trinajstić information content (AvgIpc) is 2.68. The topological polar surface area (TPSA) is 126 Å². The molecular weight excluding hydrogens is 386 g/mol. The van der Waals surface area contributed by atoms with Gasteiger partial charge in [0.2, 0.25) is 0 Å². The Morgan fingerprint density at radius 2 is 1.82 bits per heavy atom. The van der Waals surface area contributed by atoms with Gasteiger partial charge in [0.1, 0.15) is 11.4 Å². The number of hydrogen-bond acceptors (Lipinski definition) is 7. The number of aromatic carboxylic acids is 1. The summed E-state index contributed by atoms with van der Waals surface area (Å²) in [5, 5.41) is 9.51. The molecule has 0 amide bonds. The van der Waals surface area contributed by atoms with E-state index in [0.29, 0.717) is 31.9 Å². The number of sulfonamides is 1. The Labute approximate surface area is 162 Å². The SMILES string of the molecule is CC(=O)c1ccc(S(=O)(=O)Nc2cnc(N3CCOCC3)c(C(=O)O)c2)cc1. The summed E-state index contributed by atoms with van der Waals surface area (Å²) >= 11 is 0. The average molecular weight is 405 g/mol. The smallest absolute Gasteiger partial charge is 0.339 e. The molecule has 0 atom stereocenters. The van der Waals surface area contributed by atoms with Crippen LogP contribution in [0.5, 0.6) is 0 Å². The van der Waals surface area contributed by atoms with Crippen LogP contribution in [-0.2, 0) is 14.8 Å². The maximum Gasteiger partial charge on any atom is 0.339 e. The van der Waals surface area contributed by atoms with Crippen molar-refractivity contribution in [3.63, 3.8) is 0 Å². The van der Waals surface area contributed by atoms with Crippen molar-refractivity contribution in [3.05, 3.63) is 47.7 Å². The molecule has 1 aliphatic heterocycles. The monoisotopic (exact) mass is 405 g/mol. The van der Waals surface area contributed by atoms with Crippen molar-refractivity contribution in [2.45, 2.75) is 11.8 Å². The van der Waals surface area contributed by atoms with Crippen molar-refractivity contribution in [1.29, 1.82) is 0 Å².